The summed E-state index contributed by atoms with van der Waals surface area (Å²) < 4.78 is 44.7. The lowest BCUT2D eigenvalue weighted by Crippen LogP contribution is -2.75. The Labute approximate surface area is 358 Å². The van der Waals surface area contributed by atoms with Crippen LogP contribution in [0.15, 0.2) is 33.7 Å². The second kappa shape index (κ2) is 22.2. The summed E-state index contributed by atoms with van der Waals surface area (Å²) in [6, 6.07) is 5.27. The number of thiazole rings is 1. The monoisotopic (exact) mass is 899 g/mol. The highest BCUT2D eigenvalue weighted by molar-refractivity contribution is 7.80. The van der Waals surface area contributed by atoms with Crippen molar-refractivity contribution in [1.29, 1.82) is 0 Å². The zero-order valence-electron chi connectivity index (χ0n) is 35.1. The summed E-state index contributed by atoms with van der Waals surface area (Å²) in [5.41, 5.74) is 13.5. The Morgan fingerprint density at radius 1 is 1.21 bits per heavy atom. The molecule has 3 aliphatic heterocycles. The molecule has 0 bridgehead atoms. The van der Waals surface area contributed by atoms with Crippen LogP contribution in [0.25, 0.3) is 0 Å². The van der Waals surface area contributed by atoms with Crippen molar-refractivity contribution in [2.75, 3.05) is 31.5 Å². The highest BCUT2D eigenvalue weighted by atomic mass is 32.3. The van der Waals surface area contributed by atoms with Crippen molar-refractivity contribution < 1.29 is 61.0 Å². The number of β-lactam (4-membered cyclic amide) rings is 1. The lowest BCUT2D eigenvalue weighted by molar-refractivity contribution is -0.218. The van der Waals surface area contributed by atoms with Gasteiger partial charge < -0.3 is 46.2 Å². The number of carbonyl (C=O) groups is 4. The highest BCUT2D eigenvalue weighted by Crippen LogP contribution is 2.33. The minimum atomic E-state index is -4.74. The van der Waals surface area contributed by atoms with Crippen LogP contribution in [0.1, 0.15) is 84.5 Å². The minimum absolute atomic E-state index is 0.163. The third-order valence-electron chi connectivity index (χ3n) is 9.40. The number of aliphatic imine (C=N–C) groups is 1. The van der Waals surface area contributed by atoms with Crippen molar-refractivity contribution >= 4 is 63.3 Å². The maximum Gasteiger partial charge on any atom is 0.418 e. The smallest absolute Gasteiger partial charge is 0.418 e. The third-order valence-corrected chi connectivity index (χ3v) is 10.5. The molecule has 2 saturated heterocycles. The van der Waals surface area contributed by atoms with Crippen molar-refractivity contribution in [3.63, 3.8) is 0 Å². The number of aryl methyl sites for hydroxylation is 1. The Hall–Kier alpha value is -4.98. The molecule has 0 radical (unpaired) electrons. The Balaban J connectivity index is 0.000000459. The average molecular weight is 900 g/mol. The quantitative estimate of drug-likeness (QED) is 0.0354. The Kier molecular flexibility index (Phi) is 18.3. The molecular weight excluding hydrogens is 843 g/mol. The maximum absolute atomic E-state index is 12.0. The molecule has 3 aliphatic rings. The van der Waals surface area contributed by atoms with Crippen LogP contribution >= 0.6 is 11.3 Å². The van der Waals surface area contributed by atoms with Gasteiger partial charge in [0.15, 0.2) is 11.2 Å². The lowest BCUT2D eigenvalue weighted by Gasteiger charge is -2.50. The van der Waals surface area contributed by atoms with E-state index in [0.29, 0.717) is 40.4 Å². The zero-order valence-corrected chi connectivity index (χ0v) is 36.8. The van der Waals surface area contributed by atoms with E-state index in [-0.39, 0.29) is 31.3 Å². The number of amides is 3. The van der Waals surface area contributed by atoms with E-state index < -0.39 is 45.7 Å². The molecule has 1 aromatic heterocycles. The minimum Gasteiger partial charge on any atom is -0.486 e. The number of nitrogens with two attached hydrogens (primary N) is 2. The number of carboxylic acid groups (broad SMARTS) is 1. The van der Waals surface area contributed by atoms with Crippen molar-refractivity contribution in [3.8, 4) is 5.75 Å². The number of fused-ring (bicyclic) bond motifs is 1. The predicted octanol–water partition coefficient (Wildman–Crippen LogP) is 1.66. The van der Waals surface area contributed by atoms with E-state index in [1.54, 1.807) is 33.1 Å². The summed E-state index contributed by atoms with van der Waals surface area (Å²) in [6.07, 6.45) is 2.24. The van der Waals surface area contributed by atoms with Gasteiger partial charge in [-0.05, 0) is 97.9 Å². The summed E-state index contributed by atoms with van der Waals surface area (Å²) in [5.74, 6) is 0.608. The van der Waals surface area contributed by atoms with Gasteiger partial charge in [0, 0.05) is 37.1 Å². The number of carbonyl (C=O) groups excluding carboxylic acids is 3. The van der Waals surface area contributed by atoms with E-state index in [9.17, 15) is 27.9 Å². The molecule has 3 amide bonds. The zero-order chi connectivity index (χ0) is 45.7. The van der Waals surface area contributed by atoms with Gasteiger partial charge >= 0.3 is 16.5 Å². The number of anilines is 1. The lowest BCUT2D eigenvalue weighted by atomic mass is 9.85. The number of aliphatic hydroxyl groups is 1. The number of likely N-dealkylation sites (tertiary alicyclic amines) is 1. The maximum atomic E-state index is 12.0. The van der Waals surface area contributed by atoms with Gasteiger partial charge in [0.2, 0.25) is 6.41 Å². The molecule has 4 heterocycles. The van der Waals surface area contributed by atoms with Gasteiger partial charge in [0.05, 0.1) is 17.7 Å². The number of oxime groups is 1. The van der Waals surface area contributed by atoms with Crippen LogP contribution in [0, 0.1) is 0 Å². The van der Waals surface area contributed by atoms with Crippen LogP contribution in [0.2, 0.25) is 0 Å². The van der Waals surface area contributed by atoms with Gasteiger partial charge in [-0.1, -0.05) is 5.16 Å². The standard InChI is InChI=1S/C30H45N7O5S.C6H10N2O6S.CH2O2/c1-18(24-17-43-28(34-24)35-29(39)41-30(3,4)5)36-42-19(2)25-8-6-20-14-21(7-9-26(20)40-25)27(32)33-22-10-12-37(13-11-22)16-23(38)15-31;1-6(2)4(7-3-9)5(10)8(6)14-15(11,12)13;2-1-3/h7,9,14,17,19,22-23,25,38H,6,8,10-13,15-16,31H2,1-5H3,(H2,32,33)(H,34,35,39);3-4H,1-2H3,(H,7,9)(H,11,12,13);1H,(H,2,3)/b36-18+;;. The predicted molar refractivity (Wildman–Crippen MR) is 224 cm³/mol. The third kappa shape index (κ3) is 15.5. The van der Waals surface area contributed by atoms with Gasteiger partial charge in [-0.2, -0.15) is 13.5 Å². The van der Waals surface area contributed by atoms with Crippen LogP contribution in [0.5, 0.6) is 5.75 Å². The first-order valence-corrected chi connectivity index (χ1v) is 21.4. The number of benzene rings is 1. The Morgan fingerprint density at radius 2 is 1.87 bits per heavy atom. The first-order chi connectivity index (χ1) is 28.5. The van der Waals surface area contributed by atoms with Crippen LogP contribution in [-0.2, 0) is 45.1 Å². The normalized spacial score (nSPS) is 20.4. The molecule has 4 atom stereocenters. The number of aromatic nitrogens is 1. The fourth-order valence-electron chi connectivity index (χ4n) is 6.26. The van der Waals surface area contributed by atoms with Crippen molar-refractivity contribution in [1.82, 2.24) is 20.3 Å². The molecule has 0 spiro atoms. The summed E-state index contributed by atoms with van der Waals surface area (Å²) >= 11 is 1.29. The van der Waals surface area contributed by atoms with Crippen LogP contribution in [0.4, 0.5) is 9.93 Å². The summed E-state index contributed by atoms with van der Waals surface area (Å²) in [6.45, 7) is 14.5. The Morgan fingerprint density at radius 3 is 2.44 bits per heavy atom. The number of amidine groups is 1. The Bertz CT molecular complexity index is 1980. The number of rotatable bonds is 14. The molecular formula is C37H57N9O13S2. The fourth-order valence-corrected chi connectivity index (χ4v) is 7.46. The average Bonchev–Trinajstić information content (AvgIpc) is 3.65. The number of hydrogen-bond donors (Lipinski definition) is 7. The number of ether oxygens (including phenoxy) is 2. The van der Waals surface area contributed by atoms with Gasteiger partial charge in [-0.15, -0.1) is 15.6 Å². The van der Waals surface area contributed by atoms with Gasteiger partial charge in [0.25, 0.3) is 12.4 Å². The molecule has 4 unspecified atom stereocenters. The molecule has 24 heteroatoms. The van der Waals surface area contributed by atoms with E-state index in [0.717, 1.165) is 55.6 Å². The summed E-state index contributed by atoms with van der Waals surface area (Å²) in [7, 11) is -4.74. The molecule has 5 rings (SSSR count). The van der Waals surface area contributed by atoms with Gasteiger partial charge in [-0.25, -0.2) is 9.78 Å². The van der Waals surface area contributed by atoms with Crippen molar-refractivity contribution in [2.24, 2.45) is 21.6 Å². The topological polar surface area (TPSA) is 320 Å². The van der Waals surface area contributed by atoms with Gasteiger partial charge in [0.1, 0.15) is 40.7 Å². The molecule has 61 heavy (non-hydrogen) atoms. The van der Waals surface area contributed by atoms with E-state index in [1.165, 1.54) is 25.2 Å². The summed E-state index contributed by atoms with van der Waals surface area (Å²) in [4.78, 5) is 59.0. The molecule has 2 aromatic rings. The van der Waals surface area contributed by atoms with Crippen molar-refractivity contribution in [3.05, 3.63) is 40.4 Å². The van der Waals surface area contributed by atoms with Crippen LogP contribution in [-0.4, -0.2) is 142 Å². The first kappa shape index (κ1) is 50.4. The number of aliphatic hydroxyl groups excluding tert-OH is 1. The molecule has 1 aromatic carbocycles. The van der Waals surface area contributed by atoms with E-state index >= 15 is 0 Å². The second-order valence-electron chi connectivity index (χ2n) is 15.7. The number of β-amino-alcohol motifs (C(OH)–C–C–N with tert-alkyl or cyclic N) is 1. The highest BCUT2D eigenvalue weighted by Gasteiger charge is 2.57. The number of nitrogens with zero attached hydrogens (tertiary/aromatic N) is 5. The van der Waals surface area contributed by atoms with E-state index in [2.05, 4.69) is 36.0 Å². The second-order valence-corrected chi connectivity index (χ2v) is 17.6. The first-order valence-electron chi connectivity index (χ1n) is 19.2. The molecule has 22 nitrogen and oxygen atoms in total. The van der Waals surface area contributed by atoms with Crippen LogP contribution < -0.4 is 26.8 Å². The molecule has 9 N–H and O–H groups in total. The number of hydrogen-bond acceptors (Lipinski definition) is 17. The van der Waals surface area contributed by atoms with Crippen molar-refractivity contribution in [2.45, 2.75) is 116 Å². The molecule has 0 aliphatic carbocycles. The number of nitrogens with one attached hydrogen (secondary N) is 2. The fraction of sp³-hybridized carbons (Fsp3) is 0.595. The van der Waals surface area contributed by atoms with E-state index in [1.807, 2.05) is 19.1 Å². The van der Waals surface area contributed by atoms with Gasteiger partial charge in [-0.3, -0.25) is 29.2 Å². The number of hydroxylamine groups is 2. The SMILES string of the molecule is C/C(=N\OC(C)C1CCc2cc(C(N)=NC3CCN(CC(O)CN)CC3)ccc2O1)c1csc(NC(=O)OC(C)(C)C)n1.CC1(C)C(NC=O)C(=O)N1OS(=O)(=O)O.O=CO. The van der Waals surface area contributed by atoms with Crippen LogP contribution in [0.3, 0.4) is 0 Å². The molecule has 2 fully saturated rings. The number of piperidine rings is 1. The summed E-state index contributed by atoms with van der Waals surface area (Å²) in [5, 5.41) is 28.5. The molecule has 0 saturated carbocycles. The molecule has 340 valence electrons. The van der Waals surface area contributed by atoms with E-state index in [4.69, 9.17) is 45.2 Å². The largest absolute Gasteiger partial charge is 0.486 e.